The Morgan fingerprint density at radius 1 is 1.10 bits per heavy atom. The number of carbonyl (C=O) groups excluding carboxylic acids is 2. The fourth-order valence-electron chi connectivity index (χ4n) is 4.40. The number of methoxy groups -OCH3 is 1. The van der Waals surface area contributed by atoms with Crippen LogP contribution in [-0.2, 0) is 4.74 Å². The van der Waals surface area contributed by atoms with Gasteiger partial charge in [-0.3, -0.25) is 9.59 Å². The zero-order valence-electron chi connectivity index (χ0n) is 15.7. The van der Waals surface area contributed by atoms with Crippen molar-refractivity contribution in [3.63, 3.8) is 0 Å². The first kappa shape index (κ1) is 18.0. The molecule has 3 unspecified atom stereocenters. The molecule has 0 amide bonds. The lowest BCUT2D eigenvalue weighted by Crippen LogP contribution is -2.48. The van der Waals surface area contributed by atoms with Gasteiger partial charge < -0.3 is 29.5 Å². The van der Waals surface area contributed by atoms with Gasteiger partial charge in [0.05, 0.1) is 29.9 Å². The molecule has 150 valence electrons. The normalized spacial score (nSPS) is 26.9. The first-order valence-electron chi connectivity index (χ1n) is 9.19. The zero-order chi connectivity index (χ0) is 20.7. The van der Waals surface area contributed by atoms with Crippen LogP contribution in [0.2, 0.25) is 0 Å². The summed E-state index contributed by atoms with van der Waals surface area (Å²) in [7, 11) is 1.32. The summed E-state index contributed by atoms with van der Waals surface area (Å²) >= 11 is 0. The van der Waals surface area contributed by atoms with Crippen molar-refractivity contribution in [1.82, 2.24) is 0 Å². The molecule has 1 saturated heterocycles. The molecule has 3 N–H and O–H groups in total. The number of ketones is 2. The molecule has 29 heavy (non-hydrogen) atoms. The molecular formula is C21H18O8. The van der Waals surface area contributed by atoms with Crippen molar-refractivity contribution in [1.29, 1.82) is 0 Å². The maximum Gasteiger partial charge on any atom is 0.208 e. The van der Waals surface area contributed by atoms with Crippen molar-refractivity contribution in [2.24, 2.45) is 0 Å². The number of fused-ring (bicyclic) bond motifs is 6. The van der Waals surface area contributed by atoms with E-state index in [1.807, 2.05) is 0 Å². The Morgan fingerprint density at radius 2 is 1.83 bits per heavy atom. The Morgan fingerprint density at radius 3 is 2.55 bits per heavy atom. The van der Waals surface area contributed by atoms with Crippen LogP contribution in [0.4, 0.5) is 0 Å². The van der Waals surface area contributed by atoms with Crippen LogP contribution in [0.15, 0.2) is 18.2 Å². The number of rotatable bonds is 1. The average Bonchev–Trinajstić information content (AvgIpc) is 2.67. The van der Waals surface area contributed by atoms with Gasteiger partial charge in [0.2, 0.25) is 11.6 Å². The summed E-state index contributed by atoms with van der Waals surface area (Å²) in [5, 5.41) is 31.3. The lowest BCUT2D eigenvalue weighted by atomic mass is 9.80. The summed E-state index contributed by atoms with van der Waals surface area (Å²) in [5.41, 5.74) is -0.138. The zero-order valence-corrected chi connectivity index (χ0v) is 15.7. The van der Waals surface area contributed by atoms with E-state index in [-0.39, 0.29) is 45.1 Å². The number of phenols is 2. The Labute approximate surface area is 165 Å². The van der Waals surface area contributed by atoms with Gasteiger partial charge in [-0.2, -0.15) is 0 Å². The lowest BCUT2D eigenvalue weighted by molar-refractivity contribution is -0.270. The van der Waals surface area contributed by atoms with Crippen molar-refractivity contribution < 1.29 is 39.1 Å². The minimum atomic E-state index is -1.00. The highest BCUT2D eigenvalue weighted by Gasteiger charge is 2.49. The maximum absolute atomic E-state index is 13.3. The average molecular weight is 398 g/mol. The number of carbonyl (C=O) groups is 2. The Bertz CT molecular complexity index is 1100. The monoisotopic (exact) mass is 398 g/mol. The van der Waals surface area contributed by atoms with Crippen molar-refractivity contribution in [3.05, 3.63) is 46.0 Å². The van der Waals surface area contributed by atoms with Crippen LogP contribution in [0.1, 0.15) is 63.3 Å². The largest absolute Gasteiger partial charge is 0.508 e. The van der Waals surface area contributed by atoms with Crippen molar-refractivity contribution >= 4 is 11.6 Å². The summed E-state index contributed by atoms with van der Waals surface area (Å²) in [6, 6.07) is 3.82. The Hall–Kier alpha value is -3.10. The number of hydrogen-bond acceptors (Lipinski definition) is 8. The molecule has 1 fully saturated rings. The van der Waals surface area contributed by atoms with Crippen molar-refractivity contribution in [2.45, 2.75) is 37.8 Å². The predicted molar refractivity (Wildman–Crippen MR) is 97.7 cm³/mol. The second kappa shape index (κ2) is 5.71. The summed E-state index contributed by atoms with van der Waals surface area (Å²) in [5.74, 6) is -2.63. The van der Waals surface area contributed by atoms with E-state index in [9.17, 15) is 24.9 Å². The van der Waals surface area contributed by atoms with Crippen LogP contribution < -0.4 is 9.47 Å². The van der Waals surface area contributed by atoms with E-state index in [1.165, 1.54) is 25.3 Å². The van der Waals surface area contributed by atoms with E-state index in [2.05, 4.69) is 0 Å². The second-order valence-electron chi connectivity index (χ2n) is 7.67. The second-order valence-corrected chi connectivity index (χ2v) is 7.67. The number of aliphatic hydroxyl groups is 1. The number of aromatic hydroxyl groups is 2. The predicted octanol–water partition coefficient (Wildman–Crippen LogP) is 2.20. The van der Waals surface area contributed by atoms with E-state index in [0.29, 0.717) is 12.8 Å². The summed E-state index contributed by atoms with van der Waals surface area (Å²) in [6.45, 7) is 1.72. The van der Waals surface area contributed by atoms with Crippen LogP contribution in [0.5, 0.6) is 23.0 Å². The molecule has 3 aliphatic rings. The molecular weight excluding hydrogens is 380 g/mol. The molecule has 8 heteroatoms. The van der Waals surface area contributed by atoms with Gasteiger partial charge in [-0.1, -0.05) is 0 Å². The van der Waals surface area contributed by atoms with Gasteiger partial charge >= 0.3 is 0 Å². The molecule has 1 aliphatic carbocycles. The quantitative estimate of drug-likeness (QED) is 0.570. The molecule has 0 spiro atoms. The molecule has 2 aromatic rings. The highest BCUT2D eigenvalue weighted by atomic mass is 16.7. The summed E-state index contributed by atoms with van der Waals surface area (Å²) in [4.78, 5) is 26.4. The van der Waals surface area contributed by atoms with Crippen molar-refractivity contribution in [2.75, 3.05) is 7.11 Å². The third-order valence-electron chi connectivity index (χ3n) is 5.78. The first-order chi connectivity index (χ1) is 13.7. The number of benzene rings is 2. The van der Waals surface area contributed by atoms with Crippen LogP contribution in [0.25, 0.3) is 0 Å². The molecule has 0 saturated carbocycles. The molecule has 3 atom stereocenters. The highest BCUT2D eigenvalue weighted by Crippen LogP contribution is 2.53. The third kappa shape index (κ3) is 2.33. The maximum atomic E-state index is 13.3. The van der Waals surface area contributed by atoms with Gasteiger partial charge in [0.25, 0.3) is 0 Å². The van der Waals surface area contributed by atoms with E-state index in [4.69, 9.17) is 14.2 Å². The number of aliphatic hydroxyl groups excluding tert-OH is 1. The lowest BCUT2D eigenvalue weighted by Gasteiger charge is -2.46. The fourth-order valence-corrected chi connectivity index (χ4v) is 4.40. The molecule has 2 aliphatic heterocycles. The van der Waals surface area contributed by atoms with Gasteiger partial charge in [-0.05, 0) is 18.6 Å². The summed E-state index contributed by atoms with van der Waals surface area (Å²) in [6.07, 6.45) is -0.931. The first-order valence-corrected chi connectivity index (χ1v) is 9.19. The van der Waals surface area contributed by atoms with Crippen LogP contribution in [0.3, 0.4) is 0 Å². The highest BCUT2D eigenvalue weighted by molar-refractivity contribution is 6.30. The van der Waals surface area contributed by atoms with Crippen LogP contribution in [0, 0.1) is 0 Å². The summed E-state index contributed by atoms with van der Waals surface area (Å²) < 4.78 is 16.9. The molecule has 5 rings (SSSR count). The SMILES string of the molecule is COc1cc(O)cc2c1C(=O)c1c(cc3c(c1O)C1OC(C)(CCC1O)O3)C2=O. The smallest absolute Gasteiger partial charge is 0.208 e. The number of ether oxygens (including phenoxy) is 3. The minimum Gasteiger partial charge on any atom is -0.508 e. The van der Waals surface area contributed by atoms with Crippen molar-refractivity contribution in [3.8, 4) is 23.0 Å². The topological polar surface area (TPSA) is 123 Å². The van der Waals surface area contributed by atoms with E-state index < -0.39 is 35.3 Å². The minimum absolute atomic E-state index is 0.0165. The third-order valence-corrected chi connectivity index (χ3v) is 5.78. The molecule has 2 aromatic carbocycles. The van der Waals surface area contributed by atoms with Crippen LogP contribution >= 0.6 is 0 Å². The van der Waals surface area contributed by atoms with E-state index in [0.717, 1.165) is 0 Å². The fraction of sp³-hybridized carbons (Fsp3) is 0.333. The van der Waals surface area contributed by atoms with Gasteiger partial charge in [0.15, 0.2) is 5.78 Å². The number of hydrogen-bond donors (Lipinski definition) is 3. The number of phenolic OH excluding ortho intramolecular Hbond substituents is 2. The molecule has 2 heterocycles. The Kier molecular flexibility index (Phi) is 3.54. The molecule has 0 aromatic heterocycles. The molecule has 0 radical (unpaired) electrons. The van der Waals surface area contributed by atoms with Gasteiger partial charge in [0.1, 0.15) is 29.1 Å². The van der Waals surface area contributed by atoms with Gasteiger partial charge in [-0.25, -0.2) is 0 Å². The van der Waals surface area contributed by atoms with Gasteiger partial charge in [0, 0.05) is 30.5 Å². The molecule has 2 bridgehead atoms. The molecule has 8 nitrogen and oxygen atoms in total. The standard InChI is InChI=1S/C21H18O8/c1-21-4-3-11(23)20(29-21)16-13(28-21)7-10-15(19(16)26)18(25)14-9(17(10)24)5-8(22)6-12(14)27-2/h5-7,11,20,22-23,26H,3-4H2,1-2H3. The van der Waals surface area contributed by atoms with E-state index >= 15 is 0 Å². The van der Waals surface area contributed by atoms with E-state index in [1.54, 1.807) is 6.92 Å². The van der Waals surface area contributed by atoms with Gasteiger partial charge in [-0.15, -0.1) is 0 Å². The van der Waals surface area contributed by atoms with Crippen LogP contribution in [-0.4, -0.2) is 45.9 Å². The Balaban J connectivity index is 1.78.